The molecule has 1 heterocycles. The third kappa shape index (κ3) is 8.83. The van der Waals surface area contributed by atoms with Crippen molar-refractivity contribution in [2.75, 3.05) is 19.8 Å². The minimum Gasteiger partial charge on any atom is -0.373 e. The Morgan fingerprint density at radius 2 is 1.30 bits per heavy atom. The van der Waals surface area contributed by atoms with E-state index >= 15 is 0 Å². The van der Waals surface area contributed by atoms with Crippen LogP contribution in [-0.2, 0) is 14.2 Å². The molecule has 0 amide bonds. The maximum Gasteiger partial charge on any atom is 0.170 e. The summed E-state index contributed by atoms with van der Waals surface area (Å²) in [5.41, 5.74) is 0.128. The maximum absolute atomic E-state index is 6.33. The largest absolute Gasteiger partial charge is 0.373 e. The Kier molecular flexibility index (Phi) is 12.9. The van der Waals surface area contributed by atoms with E-state index in [4.69, 9.17) is 14.2 Å². The van der Waals surface area contributed by atoms with Gasteiger partial charge in [-0.3, -0.25) is 0 Å². The van der Waals surface area contributed by atoms with Crippen LogP contribution in [0, 0.1) is 5.41 Å². The van der Waals surface area contributed by atoms with Gasteiger partial charge < -0.3 is 14.2 Å². The summed E-state index contributed by atoms with van der Waals surface area (Å²) in [6.45, 7) is 13.4. The average Bonchev–Trinajstić information content (AvgIpc) is 3.46. The molecule has 27 heavy (non-hydrogen) atoms. The van der Waals surface area contributed by atoms with E-state index in [0.29, 0.717) is 19.3 Å². The van der Waals surface area contributed by atoms with E-state index < -0.39 is 5.79 Å². The molecule has 0 bridgehead atoms. The topological polar surface area (TPSA) is 31.0 Å². The van der Waals surface area contributed by atoms with Crippen LogP contribution in [0.25, 0.3) is 0 Å². The zero-order valence-electron chi connectivity index (χ0n) is 19.1. The van der Waals surface area contributed by atoms with Gasteiger partial charge in [0, 0.05) is 18.6 Å². The van der Waals surface area contributed by atoms with Gasteiger partial charge in [-0.2, -0.15) is 0 Å². The molecule has 0 aromatic rings. The van der Waals surface area contributed by atoms with Crippen LogP contribution in [0.15, 0.2) is 0 Å². The summed E-state index contributed by atoms with van der Waals surface area (Å²) in [5, 5.41) is 0. The number of hydrogen-bond acceptors (Lipinski definition) is 3. The van der Waals surface area contributed by atoms with Crippen molar-refractivity contribution >= 4 is 0 Å². The number of unbranched alkanes of at least 4 members (excludes halogenated alkanes) is 6. The van der Waals surface area contributed by atoms with Gasteiger partial charge in [-0.25, -0.2) is 0 Å². The Labute approximate surface area is 169 Å². The van der Waals surface area contributed by atoms with Crippen molar-refractivity contribution in [2.45, 2.75) is 130 Å². The molecule has 1 rings (SSSR count). The van der Waals surface area contributed by atoms with Crippen molar-refractivity contribution in [3.05, 3.63) is 0 Å². The molecule has 1 aliphatic rings. The summed E-state index contributed by atoms with van der Waals surface area (Å²) in [6, 6.07) is 0. The first-order chi connectivity index (χ1) is 13.1. The highest BCUT2D eigenvalue weighted by atomic mass is 16.7. The SMILES string of the molecule is CCCCCCCCC(CCC)(CCCCC1CO1)C(C)(OCC)OCC. The molecule has 2 unspecified atom stereocenters. The summed E-state index contributed by atoms with van der Waals surface area (Å²) in [5.74, 6) is -0.466. The van der Waals surface area contributed by atoms with E-state index in [0.717, 1.165) is 6.61 Å². The fourth-order valence-corrected chi connectivity index (χ4v) is 4.75. The lowest BCUT2D eigenvalue weighted by Crippen LogP contribution is -2.50. The smallest absolute Gasteiger partial charge is 0.170 e. The molecule has 1 aliphatic heterocycles. The van der Waals surface area contributed by atoms with Crippen molar-refractivity contribution in [2.24, 2.45) is 5.41 Å². The zero-order chi connectivity index (χ0) is 20.0. The Morgan fingerprint density at radius 1 is 0.741 bits per heavy atom. The third-order valence-corrected chi connectivity index (χ3v) is 6.37. The quantitative estimate of drug-likeness (QED) is 0.133. The second-order valence-corrected chi connectivity index (χ2v) is 8.56. The highest BCUT2D eigenvalue weighted by Gasteiger charge is 2.48. The minimum absolute atomic E-state index is 0.128. The van der Waals surface area contributed by atoms with Gasteiger partial charge in [-0.05, 0) is 46.5 Å². The number of hydrogen-bond donors (Lipinski definition) is 0. The molecular weight excluding hydrogens is 336 g/mol. The normalized spacial score (nSPS) is 19.2. The van der Waals surface area contributed by atoms with E-state index in [-0.39, 0.29) is 5.41 Å². The van der Waals surface area contributed by atoms with E-state index in [1.807, 2.05) is 0 Å². The van der Waals surface area contributed by atoms with Gasteiger partial charge in [-0.1, -0.05) is 71.6 Å². The van der Waals surface area contributed by atoms with Crippen LogP contribution in [0.4, 0.5) is 0 Å². The first kappa shape index (κ1) is 24.9. The van der Waals surface area contributed by atoms with Gasteiger partial charge in [0.25, 0.3) is 0 Å². The standard InChI is InChI=1S/C24H48O3/c1-6-10-11-12-13-15-19-24(18-7-2,20-16-14-17-22-21-25-22)23(5,26-8-3)27-9-4/h22H,6-21H2,1-5H3. The predicted molar refractivity (Wildman–Crippen MR) is 115 cm³/mol. The molecule has 0 saturated carbocycles. The highest BCUT2D eigenvalue weighted by molar-refractivity contribution is 4.92. The van der Waals surface area contributed by atoms with Crippen LogP contribution in [0.1, 0.15) is 118 Å². The fraction of sp³-hybridized carbons (Fsp3) is 1.00. The molecular formula is C24H48O3. The van der Waals surface area contributed by atoms with Gasteiger partial charge in [0.15, 0.2) is 5.79 Å². The lowest BCUT2D eigenvalue weighted by molar-refractivity contribution is -0.293. The first-order valence-corrected chi connectivity index (χ1v) is 12.0. The van der Waals surface area contributed by atoms with E-state index in [1.54, 1.807) is 0 Å². The number of rotatable bonds is 19. The van der Waals surface area contributed by atoms with Crippen LogP contribution in [0.5, 0.6) is 0 Å². The maximum atomic E-state index is 6.33. The predicted octanol–water partition coefficient (Wildman–Crippen LogP) is 7.27. The molecule has 0 aromatic carbocycles. The molecule has 1 fully saturated rings. The van der Waals surface area contributed by atoms with Crippen molar-refractivity contribution in [1.29, 1.82) is 0 Å². The van der Waals surface area contributed by atoms with Crippen LogP contribution < -0.4 is 0 Å². The van der Waals surface area contributed by atoms with Crippen LogP contribution in [0.2, 0.25) is 0 Å². The monoisotopic (exact) mass is 384 g/mol. The van der Waals surface area contributed by atoms with Gasteiger partial charge in [0.2, 0.25) is 0 Å². The minimum atomic E-state index is -0.466. The van der Waals surface area contributed by atoms with Crippen LogP contribution in [0.3, 0.4) is 0 Å². The second-order valence-electron chi connectivity index (χ2n) is 8.56. The molecule has 162 valence electrons. The molecule has 3 nitrogen and oxygen atoms in total. The van der Waals surface area contributed by atoms with E-state index in [2.05, 4.69) is 34.6 Å². The molecule has 0 aromatic heterocycles. The molecule has 1 saturated heterocycles. The van der Waals surface area contributed by atoms with Crippen molar-refractivity contribution in [3.8, 4) is 0 Å². The van der Waals surface area contributed by atoms with Gasteiger partial charge in [-0.15, -0.1) is 0 Å². The fourth-order valence-electron chi connectivity index (χ4n) is 4.75. The summed E-state index contributed by atoms with van der Waals surface area (Å²) < 4.78 is 18.0. The number of ether oxygens (including phenoxy) is 3. The summed E-state index contributed by atoms with van der Waals surface area (Å²) in [7, 11) is 0. The average molecular weight is 385 g/mol. The van der Waals surface area contributed by atoms with Crippen LogP contribution in [-0.4, -0.2) is 31.7 Å². The zero-order valence-corrected chi connectivity index (χ0v) is 19.1. The molecule has 2 atom stereocenters. The summed E-state index contributed by atoms with van der Waals surface area (Å²) >= 11 is 0. The first-order valence-electron chi connectivity index (χ1n) is 12.0. The molecule has 0 spiro atoms. The molecule has 0 N–H and O–H groups in total. The summed E-state index contributed by atoms with van der Waals surface area (Å²) in [6.07, 6.45) is 17.2. The van der Waals surface area contributed by atoms with Crippen molar-refractivity contribution in [3.63, 3.8) is 0 Å². The van der Waals surface area contributed by atoms with Crippen LogP contribution >= 0.6 is 0 Å². The van der Waals surface area contributed by atoms with E-state index in [9.17, 15) is 0 Å². The lowest BCUT2D eigenvalue weighted by atomic mass is 9.68. The Balaban J connectivity index is 2.75. The molecule has 0 radical (unpaired) electrons. The lowest BCUT2D eigenvalue weighted by Gasteiger charge is -2.48. The molecule has 3 heteroatoms. The highest BCUT2D eigenvalue weighted by Crippen LogP contribution is 2.48. The summed E-state index contributed by atoms with van der Waals surface area (Å²) in [4.78, 5) is 0. The second kappa shape index (κ2) is 14.0. The van der Waals surface area contributed by atoms with Gasteiger partial charge in [0.1, 0.15) is 0 Å². The number of epoxide rings is 1. The Bertz CT molecular complexity index is 348. The van der Waals surface area contributed by atoms with Gasteiger partial charge >= 0.3 is 0 Å². The third-order valence-electron chi connectivity index (χ3n) is 6.37. The van der Waals surface area contributed by atoms with E-state index in [1.165, 1.54) is 83.5 Å². The Hall–Kier alpha value is -0.120. The van der Waals surface area contributed by atoms with Crippen molar-refractivity contribution < 1.29 is 14.2 Å². The van der Waals surface area contributed by atoms with Gasteiger partial charge in [0.05, 0.1) is 12.7 Å². The molecule has 0 aliphatic carbocycles. The van der Waals surface area contributed by atoms with Crippen molar-refractivity contribution in [1.82, 2.24) is 0 Å². The Morgan fingerprint density at radius 3 is 1.81 bits per heavy atom.